The lowest BCUT2D eigenvalue weighted by Gasteiger charge is -2.12. The summed E-state index contributed by atoms with van der Waals surface area (Å²) < 4.78 is 0. The van der Waals surface area contributed by atoms with Gasteiger partial charge < -0.3 is 0 Å². The van der Waals surface area contributed by atoms with Crippen molar-refractivity contribution in [2.24, 2.45) is 0 Å². The maximum atomic E-state index is 11.9. The first kappa shape index (κ1) is 16.0. The van der Waals surface area contributed by atoms with Gasteiger partial charge in [0.05, 0.1) is 11.2 Å². The van der Waals surface area contributed by atoms with Gasteiger partial charge in [0, 0.05) is 21.5 Å². The Kier molecular flexibility index (Phi) is 4.13. The Labute approximate surface area is 145 Å². The van der Waals surface area contributed by atoms with E-state index in [0.717, 1.165) is 33.3 Å². The van der Waals surface area contributed by atoms with Gasteiger partial charge in [-0.15, -0.1) is 0 Å². The lowest BCUT2D eigenvalue weighted by molar-refractivity contribution is 0.108. The number of carbonyl (C=O) groups is 1. The number of pyridine rings is 1. The number of fused-ring (bicyclic) bond motifs is 1. The average molecular weight is 344 g/mol. The topological polar surface area (TPSA) is 30.0 Å². The molecule has 2 nitrogen and oxygen atoms in total. The quantitative estimate of drug-likeness (QED) is 0.545. The molecule has 0 amide bonds. The van der Waals surface area contributed by atoms with Gasteiger partial charge in [0.15, 0.2) is 0 Å². The Morgan fingerprint density at radius 3 is 2.48 bits per heavy atom. The third-order valence-electron chi connectivity index (χ3n) is 4.05. The summed E-state index contributed by atoms with van der Waals surface area (Å²) in [6.07, 6.45) is 0. The van der Waals surface area contributed by atoms with Crippen LogP contribution >= 0.6 is 23.2 Å². The van der Waals surface area contributed by atoms with Crippen LogP contribution in [0.15, 0.2) is 36.4 Å². The van der Waals surface area contributed by atoms with Crippen LogP contribution in [0, 0.1) is 20.8 Å². The molecule has 0 saturated heterocycles. The van der Waals surface area contributed by atoms with Crippen LogP contribution in [0.3, 0.4) is 0 Å². The fourth-order valence-electron chi connectivity index (χ4n) is 2.72. The van der Waals surface area contributed by atoms with Gasteiger partial charge in [0.1, 0.15) is 0 Å². The van der Waals surface area contributed by atoms with Crippen LogP contribution in [-0.4, -0.2) is 10.2 Å². The molecule has 0 aliphatic carbocycles. The van der Waals surface area contributed by atoms with E-state index in [2.05, 4.69) is 12.1 Å². The van der Waals surface area contributed by atoms with Gasteiger partial charge in [-0.2, -0.15) is 0 Å². The second-order valence-corrected chi connectivity index (χ2v) is 6.47. The number of aromatic nitrogens is 1. The van der Waals surface area contributed by atoms with Gasteiger partial charge in [-0.1, -0.05) is 35.4 Å². The molecule has 3 aromatic rings. The van der Waals surface area contributed by atoms with E-state index in [0.29, 0.717) is 16.1 Å². The van der Waals surface area contributed by atoms with Gasteiger partial charge >= 0.3 is 0 Å². The van der Waals surface area contributed by atoms with E-state index in [-0.39, 0.29) is 0 Å². The number of aryl methyl sites for hydroxylation is 3. The highest BCUT2D eigenvalue weighted by atomic mass is 35.5. The molecular weight excluding hydrogens is 329 g/mol. The van der Waals surface area contributed by atoms with Crippen molar-refractivity contribution in [2.75, 3.05) is 0 Å². The molecule has 0 saturated carbocycles. The van der Waals surface area contributed by atoms with E-state index in [1.165, 1.54) is 0 Å². The maximum Gasteiger partial charge on any atom is 0.253 e. The zero-order valence-corrected chi connectivity index (χ0v) is 14.6. The number of hydrogen-bond acceptors (Lipinski definition) is 2. The molecule has 0 aliphatic rings. The average Bonchev–Trinajstić information content (AvgIpc) is 2.52. The highest BCUT2D eigenvalue weighted by molar-refractivity contribution is 6.68. The molecule has 2 aromatic carbocycles. The van der Waals surface area contributed by atoms with Crippen LogP contribution in [-0.2, 0) is 0 Å². The number of benzene rings is 2. The predicted molar refractivity (Wildman–Crippen MR) is 96.6 cm³/mol. The molecule has 4 heteroatoms. The molecule has 3 rings (SSSR count). The Balaban J connectivity index is 2.41. The fraction of sp³-hybridized carbons (Fsp3) is 0.158. The van der Waals surface area contributed by atoms with Crippen LogP contribution in [0.4, 0.5) is 0 Å². The van der Waals surface area contributed by atoms with Crippen molar-refractivity contribution in [1.29, 1.82) is 0 Å². The van der Waals surface area contributed by atoms with E-state index >= 15 is 0 Å². The summed E-state index contributed by atoms with van der Waals surface area (Å²) in [7, 11) is 0. The van der Waals surface area contributed by atoms with E-state index in [1.807, 2.05) is 26.8 Å². The Morgan fingerprint density at radius 2 is 1.78 bits per heavy atom. The molecule has 0 spiro atoms. The number of nitrogens with zero attached hydrogens (tertiary/aromatic N) is 1. The first-order valence-electron chi connectivity index (χ1n) is 7.26. The fourth-order valence-corrected chi connectivity index (χ4v) is 3.03. The zero-order chi connectivity index (χ0) is 16.7. The molecule has 0 atom stereocenters. The van der Waals surface area contributed by atoms with Crippen LogP contribution in [0.25, 0.3) is 22.2 Å². The monoisotopic (exact) mass is 343 g/mol. The summed E-state index contributed by atoms with van der Waals surface area (Å²) >= 11 is 12.0. The summed E-state index contributed by atoms with van der Waals surface area (Å²) in [6, 6.07) is 11.5. The number of halogens is 2. The highest BCUT2D eigenvalue weighted by Gasteiger charge is 2.15. The smallest absolute Gasteiger partial charge is 0.253 e. The van der Waals surface area contributed by atoms with E-state index in [1.54, 1.807) is 18.2 Å². The molecule has 0 N–H and O–H groups in total. The first-order chi connectivity index (χ1) is 10.9. The second kappa shape index (κ2) is 5.95. The highest BCUT2D eigenvalue weighted by Crippen LogP contribution is 2.32. The molecule has 23 heavy (non-hydrogen) atoms. The standard InChI is InChI=1S/C19H15Cl2NO/c1-10-4-5-11(2)14(8-10)17-9-15(19(21)23)13-6-7-16(20)12(3)18(13)22-17/h4-9H,1-3H3. The van der Waals surface area contributed by atoms with Crippen molar-refractivity contribution in [1.82, 2.24) is 4.98 Å². The van der Waals surface area contributed by atoms with Gasteiger partial charge in [-0.3, -0.25) is 4.79 Å². The van der Waals surface area contributed by atoms with Gasteiger partial charge in [0.25, 0.3) is 5.24 Å². The summed E-state index contributed by atoms with van der Waals surface area (Å²) in [6.45, 7) is 5.94. The van der Waals surface area contributed by atoms with E-state index < -0.39 is 5.24 Å². The first-order valence-corrected chi connectivity index (χ1v) is 8.01. The molecular formula is C19H15Cl2NO. The molecule has 0 aliphatic heterocycles. The Bertz CT molecular complexity index is 948. The lowest BCUT2D eigenvalue weighted by atomic mass is 9.98. The van der Waals surface area contributed by atoms with Crippen molar-refractivity contribution in [3.8, 4) is 11.3 Å². The van der Waals surface area contributed by atoms with Crippen molar-refractivity contribution < 1.29 is 4.79 Å². The molecule has 116 valence electrons. The molecule has 0 bridgehead atoms. The Hall–Kier alpha value is -1.90. The lowest BCUT2D eigenvalue weighted by Crippen LogP contribution is -1.98. The van der Waals surface area contributed by atoms with Crippen molar-refractivity contribution in [3.05, 3.63) is 63.7 Å². The molecule has 0 fully saturated rings. The second-order valence-electron chi connectivity index (χ2n) is 5.72. The zero-order valence-electron chi connectivity index (χ0n) is 13.1. The summed E-state index contributed by atoms with van der Waals surface area (Å²) in [5, 5.41) is 0.850. The number of hydrogen-bond donors (Lipinski definition) is 0. The third kappa shape index (κ3) is 2.85. The van der Waals surface area contributed by atoms with Crippen molar-refractivity contribution in [3.63, 3.8) is 0 Å². The van der Waals surface area contributed by atoms with E-state index in [4.69, 9.17) is 28.2 Å². The minimum Gasteiger partial charge on any atom is -0.276 e. The molecule has 1 heterocycles. The van der Waals surface area contributed by atoms with Crippen molar-refractivity contribution >= 4 is 39.3 Å². The third-order valence-corrected chi connectivity index (χ3v) is 4.66. The van der Waals surface area contributed by atoms with Crippen LogP contribution in [0.2, 0.25) is 5.02 Å². The SMILES string of the molecule is Cc1ccc(C)c(-c2cc(C(=O)Cl)c3ccc(Cl)c(C)c3n2)c1. The van der Waals surface area contributed by atoms with Gasteiger partial charge in [-0.05, 0) is 61.7 Å². The summed E-state index contributed by atoms with van der Waals surface area (Å²) in [4.78, 5) is 16.7. The van der Waals surface area contributed by atoms with E-state index in [9.17, 15) is 4.79 Å². The number of carbonyl (C=O) groups excluding carboxylic acids is 1. The summed E-state index contributed by atoms with van der Waals surface area (Å²) in [5.74, 6) is 0. The Morgan fingerprint density at radius 1 is 1.04 bits per heavy atom. The normalized spacial score (nSPS) is 11.0. The van der Waals surface area contributed by atoms with Crippen LogP contribution < -0.4 is 0 Å². The van der Waals surface area contributed by atoms with Crippen molar-refractivity contribution in [2.45, 2.75) is 20.8 Å². The largest absolute Gasteiger partial charge is 0.276 e. The van der Waals surface area contributed by atoms with Gasteiger partial charge in [-0.25, -0.2) is 4.98 Å². The molecule has 0 unspecified atom stereocenters. The maximum absolute atomic E-state index is 11.9. The van der Waals surface area contributed by atoms with Crippen LogP contribution in [0.5, 0.6) is 0 Å². The van der Waals surface area contributed by atoms with Crippen LogP contribution in [0.1, 0.15) is 27.0 Å². The minimum absolute atomic E-state index is 0.451. The molecule has 0 radical (unpaired) electrons. The summed E-state index contributed by atoms with van der Waals surface area (Å²) in [5.41, 5.74) is 5.95. The van der Waals surface area contributed by atoms with Gasteiger partial charge in [0.2, 0.25) is 0 Å². The predicted octanol–water partition coefficient (Wildman–Crippen LogP) is 5.86. The minimum atomic E-state index is -0.495. The number of rotatable bonds is 2. The molecule has 1 aromatic heterocycles.